The van der Waals surface area contributed by atoms with Gasteiger partial charge in [0.1, 0.15) is 0 Å². The molecule has 0 aliphatic carbocycles. The molecule has 32 heavy (non-hydrogen) atoms. The van der Waals surface area contributed by atoms with Crippen molar-refractivity contribution in [3.8, 4) is 22.6 Å². The van der Waals surface area contributed by atoms with Gasteiger partial charge in [-0.1, -0.05) is 36.3 Å². The van der Waals surface area contributed by atoms with E-state index in [1.807, 2.05) is 23.0 Å². The first kappa shape index (κ1) is 20.3. The fraction of sp³-hybridized carbons (Fsp3) is 0.348. The van der Waals surface area contributed by atoms with Gasteiger partial charge in [0.2, 0.25) is 5.95 Å². The second kappa shape index (κ2) is 8.88. The van der Waals surface area contributed by atoms with E-state index in [2.05, 4.69) is 49.2 Å². The van der Waals surface area contributed by atoms with Gasteiger partial charge in [0.05, 0.1) is 18.3 Å². The van der Waals surface area contributed by atoms with Crippen molar-refractivity contribution in [3.05, 3.63) is 60.4 Å². The Bertz CT molecular complexity index is 1160. The number of aromatic nitrogens is 6. The molecule has 1 aliphatic heterocycles. The average Bonchev–Trinajstić information content (AvgIpc) is 3.59. The molecule has 3 aromatic heterocycles. The number of hydrogen-bond acceptors (Lipinski definition) is 8. The monoisotopic (exact) mass is 430 g/mol. The molecule has 0 saturated carbocycles. The summed E-state index contributed by atoms with van der Waals surface area (Å²) >= 11 is 0. The van der Waals surface area contributed by atoms with Gasteiger partial charge < -0.3 is 15.2 Å². The molecule has 0 radical (unpaired) electrons. The van der Waals surface area contributed by atoms with Gasteiger partial charge in [-0.15, -0.1) is 0 Å². The van der Waals surface area contributed by atoms with Gasteiger partial charge in [-0.2, -0.15) is 10.1 Å². The van der Waals surface area contributed by atoms with Crippen LogP contribution >= 0.6 is 0 Å². The standard InChI is InChI=1S/C23H26N8O/c1-16(17-4-6-18(7-5-17)19-12-25-23(24)26-13-19)21-28-22(32-29-21)20-14-27-31(15-20)11-10-30-8-2-3-9-30/h4-7,12-16H,2-3,8-11H2,1H3,(H2,24,25,26)/t16-/m0/s1. The van der Waals surface area contributed by atoms with Crippen LogP contribution in [0.1, 0.15) is 37.1 Å². The molecule has 0 spiro atoms. The minimum atomic E-state index is -0.00516. The number of hydrogen-bond donors (Lipinski definition) is 1. The van der Waals surface area contributed by atoms with Crippen LogP contribution in [0.25, 0.3) is 22.6 Å². The average molecular weight is 431 g/mol. The molecule has 1 aliphatic rings. The minimum absolute atomic E-state index is 0.00516. The van der Waals surface area contributed by atoms with E-state index in [9.17, 15) is 0 Å². The van der Waals surface area contributed by atoms with E-state index in [1.54, 1.807) is 18.6 Å². The molecule has 0 unspecified atom stereocenters. The maximum absolute atomic E-state index is 5.57. The van der Waals surface area contributed by atoms with Crippen LogP contribution in [-0.4, -0.2) is 54.4 Å². The van der Waals surface area contributed by atoms with Crippen LogP contribution in [0.5, 0.6) is 0 Å². The highest BCUT2D eigenvalue weighted by Gasteiger charge is 2.18. The van der Waals surface area contributed by atoms with E-state index < -0.39 is 0 Å². The van der Waals surface area contributed by atoms with Gasteiger partial charge in [-0.25, -0.2) is 9.97 Å². The lowest BCUT2D eigenvalue weighted by Crippen LogP contribution is -2.24. The van der Waals surface area contributed by atoms with E-state index >= 15 is 0 Å². The Kier molecular flexibility index (Phi) is 5.64. The van der Waals surface area contributed by atoms with Gasteiger partial charge in [-0.05, 0) is 37.1 Å². The molecule has 0 amide bonds. The topological polar surface area (TPSA) is 112 Å². The molecule has 1 atom stereocenters. The molecular weight excluding hydrogens is 404 g/mol. The van der Waals surface area contributed by atoms with Crippen molar-refractivity contribution in [2.45, 2.75) is 32.2 Å². The van der Waals surface area contributed by atoms with Crippen molar-refractivity contribution >= 4 is 5.95 Å². The Morgan fingerprint density at radius 3 is 2.47 bits per heavy atom. The number of likely N-dealkylation sites (tertiary alicyclic amines) is 1. The first-order valence-corrected chi connectivity index (χ1v) is 10.9. The summed E-state index contributed by atoms with van der Waals surface area (Å²) in [5.74, 6) is 1.40. The van der Waals surface area contributed by atoms with Crippen LogP contribution in [0.3, 0.4) is 0 Å². The molecule has 9 nitrogen and oxygen atoms in total. The van der Waals surface area contributed by atoms with Gasteiger partial charge in [0.15, 0.2) is 5.82 Å². The smallest absolute Gasteiger partial charge is 0.261 e. The lowest BCUT2D eigenvalue weighted by atomic mass is 9.98. The summed E-state index contributed by atoms with van der Waals surface area (Å²) in [6.07, 6.45) is 9.80. The predicted octanol–water partition coefficient (Wildman–Crippen LogP) is 3.22. The van der Waals surface area contributed by atoms with Crippen molar-refractivity contribution in [2.24, 2.45) is 0 Å². The second-order valence-electron chi connectivity index (χ2n) is 8.17. The molecule has 2 N–H and O–H groups in total. The zero-order chi connectivity index (χ0) is 21.9. The number of anilines is 1. The first-order valence-electron chi connectivity index (χ1n) is 10.9. The number of benzene rings is 1. The Balaban J connectivity index is 1.25. The first-order chi connectivity index (χ1) is 15.7. The van der Waals surface area contributed by atoms with Crippen LogP contribution in [0.2, 0.25) is 0 Å². The molecule has 1 fully saturated rings. The molecule has 1 aromatic carbocycles. The molecule has 1 saturated heterocycles. The highest BCUT2D eigenvalue weighted by Crippen LogP contribution is 2.27. The van der Waals surface area contributed by atoms with Crippen LogP contribution in [0.15, 0.2) is 53.6 Å². The highest BCUT2D eigenvalue weighted by atomic mass is 16.5. The Morgan fingerprint density at radius 2 is 1.72 bits per heavy atom. The van der Waals surface area contributed by atoms with Crippen LogP contribution in [0.4, 0.5) is 5.95 Å². The van der Waals surface area contributed by atoms with Crippen molar-refractivity contribution < 1.29 is 4.52 Å². The predicted molar refractivity (Wildman–Crippen MR) is 121 cm³/mol. The molecule has 5 rings (SSSR count). The van der Waals surface area contributed by atoms with Crippen molar-refractivity contribution in [1.82, 2.24) is 34.8 Å². The third-order valence-electron chi connectivity index (χ3n) is 5.97. The third kappa shape index (κ3) is 4.38. The van der Waals surface area contributed by atoms with Gasteiger partial charge in [0.25, 0.3) is 5.89 Å². The second-order valence-corrected chi connectivity index (χ2v) is 8.17. The van der Waals surface area contributed by atoms with E-state index in [0.717, 1.165) is 35.3 Å². The van der Waals surface area contributed by atoms with Gasteiger partial charge in [0, 0.05) is 36.6 Å². The fourth-order valence-corrected chi connectivity index (χ4v) is 3.97. The lowest BCUT2D eigenvalue weighted by molar-refractivity contribution is 0.316. The summed E-state index contributed by atoms with van der Waals surface area (Å²) in [6.45, 7) is 6.32. The number of nitrogens with zero attached hydrogens (tertiary/aromatic N) is 7. The van der Waals surface area contributed by atoms with Crippen molar-refractivity contribution in [2.75, 3.05) is 25.4 Å². The molecule has 0 bridgehead atoms. The van der Waals surface area contributed by atoms with E-state index in [-0.39, 0.29) is 11.9 Å². The van der Waals surface area contributed by atoms with Gasteiger partial charge >= 0.3 is 0 Å². The summed E-state index contributed by atoms with van der Waals surface area (Å²) in [4.78, 5) is 15.2. The zero-order valence-electron chi connectivity index (χ0n) is 18.1. The SMILES string of the molecule is C[C@@H](c1ccc(-c2cnc(N)nc2)cc1)c1noc(-c2cnn(CCN3CCCC3)c2)n1. The minimum Gasteiger partial charge on any atom is -0.368 e. The van der Waals surface area contributed by atoms with E-state index in [0.29, 0.717) is 11.7 Å². The Labute approximate surface area is 186 Å². The highest BCUT2D eigenvalue weighted by molar-refractivity contribution is 5.62. The summed E-state index contributed by atoms with van der Waals surface area (Å²) < 4.78 is 7.48. The summed E-state index contributed by atoms with van der Waals surface area (Å²) in [5.41, 5.74) is 9.45. The molecule has 4 aromatic rings. The Hall–Kier alpha value is -3.59. The lowest BCUT2D eigenvalue weighted by Gasteiger charge is -2.13. The van der Waals surface area contributed by atoms with Crippen molar-refractivity contribution in [3.63, 3.8) is 0 Å². The Morgan fingerprint density at radius 1 is 0.969 bits per heavy atom. The maximum atomic E-state index is 5.57. The largest absolute Gasteiger partial charge is 0.368 e. The summed E-state index contributed by atoms with van der Waals surface area (Å²) in [7, 11) is 0. The molecule has 164 valence electrons. The number of nitrogens with two attached hydrogens (primary N) is 1. The van der Waals surface area contributed by atoms with Crippen LogP contribution in [0, 0.1) is 0 Å². The molecule has 9 heteroatoms. The molecular formula is C23H26N8O. The van der Waals surface area contributed by atoms with Gasteiger partial charge in [-0.3, -0.25) is 4.68 Å². The van der Waals surface area contributed by atoms with E-state index in [1.165, 1.54) is 25.9 Å². The maximum Gasteiger partial charge on any atom is 0.261 e. The summed E-state index contributed by atoms with van der Waals surface area (Å²) in [6, 6.07) is 8.18. The number of rotatable bonds is 7. The van der Waals surface area contributed by atoms with Crippen molar-refractivity contribution in [1.29, 1.82) is 0 Å². The molecule has 4 heterocycles. The van der Waals surface area contributed by atoms with Crippen LogP contribution in [-0.2, 0) is 6.54 Å². The van der Waals surface area contributed by atoms with Crippen LogP contribution < -0.4 is 5.73 Å². The normalized spacial score (nSPS) is 15.3. The zero-order valence-corrected chi connectivity index (χ0v) is 18.1. The van der Waals surface area contributed by atoms with E-state index in [4.69, 9.17) is 10.3 Å². The number of nitrogen functional groups attached to an aromatic ring is 1. The third-order valence-corrected chi connectivity index (χ3v) is 5.97. The fourth-order valence-electron chi connectivity index (χ4n) is 3.97. The summed E-state index contributed by atoms with van der Waals surface area (Å²) in [5, 5.41) is 8.67. The quantitative estimate of drug-likeness (QED) is 0.476.